The number of fused-ring (bicyclic) bond motifs is 5. The first-order chi connectivity index (χ1) is 16.1. The van der Waals surface area contributed by atoms with E-state index in [0.29, 0.717) is 42.7 Å². The molecule has 0 spiro atoms. The molecule has 1 N–H and O–H groups in total. The summed E-state index contributed by atoms with van der Waals surface area (Å²) in [6.45, 7) is 1.77. The third-order valence-corrected chi connectivity index (χ3v) is 6.16. The van der Waals surface area contributed by atoms with Crippen LogP contribution >= 0.6 is 0 Å². The molecule has 1 atom stereocenters. The molecule has 2 aliphatic rings. The lowest BCUT2D eigenvalue weighted by Crippen LogP contribution is -2.48. The van der Waals surface area contributed by atoms with Crippen LogP contribution in [0.5, 0.6) is 0 Å². The number of carbonyl (C=O) groups is 3. The van der Waals surface area contributed by atoms with Crippen LogP contribution in [0, 0.1) is 0 Å². The summed E-state index contributed by atoms with van der Waals surface area (Å²) < 4.78 is 1.97. The van der Waals surface area contributed by atoms with E-state index in [1.807, 2.05) is 41.1 Å². The van der Waals surface area contributed by atoms with Gasteiger partial charge in [-0.1, -0.05) is 30.3 Å². The molecular weight excluding hydrogens is 418 g/mol. The molecule has 3 heterocycles. The minimum Gasteiger partial charge on any atom is -0.356 e. The predicted octanol–water partition coefficient (Wildman–Crippen LogP) is 2.98. The molecule has 0 aliphatic carbocycles. The molecular formula is C25H25N5O3. The predicted molar refractivity (Wildman–Crippen MR) is 123 cm³/mol. The summed E-state index contributed by atoms with van der Waals surface area (Å²) in [5, 5.41) is 2.94. The zero-order valence-electron chi connectivity index (χ0n) is 18.2. The van der Waals surface area contributed by atoms with Gasteiger partial charge in [0.15, 0.2) is 0 Å². The summed E-state index contributed by atoms with van der Waals surface area (Å²) in [7, 11) is 0. The first-order valence-electron chi connectivity index (χ1n) is 11.2. The number of aryl methyl sites for hydroxylation is 1. The van der Waals surface area contributed by atoms with Crippen LogP contribution in [0.15, 0.2) is 67.3 Å². The minimum absolute atomic E-state index is 0.0368. The van der Waals surface area contributed by atoms with Crippen LogP contribution in [0.25, 0.3) is 0 Å². The summed E-state index contributed by atoms with van der Waals surface area (Å²) in [6, 6.07) is 14.6. The molecule has 33 heavy (non-hydrogen) atoms. The number of nitrogens with zero attached hydrogens (tertiary/aromatic N) is 4. The maximum absolute atomic E-state index is 13.4. The van der Waals surface area contributed by atoms with Gasteiger partial charge in [0, 0.05) is 49.6 Å². The third-order valence-electron chi connectivity index (χ3n) is 6.16. The Labute approximate surface area is 191 Å². The van der Waals surface area contributed by atoms with Crippen molar-refractivity contribution < 1.29 is 14.4 Å². The summed E-state index contributed by atoms with van der Waals surface area (Å²) >= 11 is 0. The zero-order valence-corrected chi connectivity index (χ0v) is 18.2. The van der Waals surface area contributed by atoms with E-state index >= 15 is 0 Å². The Bertz CT molecular complexity index is 1190. The average molecular weight is 444 g/mol. The van der Waals surface area contributed by atoms with Crippen molar-refractivity contribution in [3.05, 3.63) is 83.9 Å². The van der Waals surface area contributed by atoms with Crippen LogP contribution in [-0.2, 0) is 11.3 Å². The number of para-hydroxylation sites is 1. The Kier molecular flexibility index (Phi) is 5.64. The normalized spacial score (nSPS) is 16.4. The van der Waals surface area contributed by atoms with Gasteiger partial charge in [-0.15, -0.1) is 0 Å². The van der Waals surface area contributed by atoms with Crippen molar-refractivity contribution in [2.24, 2.45) is 0 Å². The highest BCUT2D eigenvalue weighted by Crippen LogP contribution is 2.45. The fourth-order valence-corrected chi connectivity index (χ4v) is 4.61. The van der Waals surface area contributed by atoms with Crippen molar-refractivity contribution >= 4 is 23.4 Å². The summed E-state index contributed by atoms with van der Waals surface area (Å²) in [5.74, 6) is -0.251. The van der Waals surface area contributed by atoms with Crippen LogP contribution in [0.4, 0.5) is 5.69 Å². The van der Waals surface area contributed by atoms with Crippen molar-refractivity contribution in [1.29, 1.82) is 0 Å². The molecule has 0 bridgehead atoms. The van der Waals surface area contributed by atoms with E-state index < -0.39 is 6.17 Å². The van der Waals surface area contributed by atoms with Gasteiger partial charge in [0.1, 0.15) is 6.17 Å². The average Bonchev–Trinajstić information content (AvgIpc) is 3.46. The molecule has 0 saturated heterocycles. The van der Waals surface area contributed by atoms with Crippen molar-refractivity contribution in [1.82, 2.24) is 19.8 Å². The largest absolute Gasteiger partial charge is 0.356 e. The summed E-state index contributed by atoms with van der Waals surface area (Å²) in [4.78, 5) is 46.3. The molecule has 0 radical (unpaired) electrons. The quantitative estimate of drug-likeness (QED) is 0.542. The Morgan fingerprint density at radius 2 is 1.73 bits per heavy atom. The standard InChI is InChI=1S/C25H25N5O3/c31-22(27-12-6-14-28-16-13-26-17-28)11-5-15-29-23-18-7-1-2-8-19(18)25(33)30(23)21-10-4-3-9-20(21)24(29)32/h1-4,7-10,13,16-17,23H,5-6,11-12,14-15H2,(H,27,31)/t23-/m1/s1. The van der Waals surface area contributed by atoms with Gasteiger partial charge in [-0.25, -0.2) is 4.98 Å². The number of rotatable bonds is 8. The van der Waals surface area contributed by atoms with Crippen LogP contribution in [0.3, 0.4) is 0 Å². The molecule has 0 fully saturated rings. The molecule has 0 saturated carbocycles. The van der Waals surface area contributed by atoms with Crippen LogP contribution in [0.2, 0.25) is 0 Å². The van der Waals surface area contributed by atoms with Crippen molar-refractivity contribution in [3.63, 3.8) is 0 Å². The SMILES string of the molecule is O=C(CCCN1C(=O)c2ccccc2N2C(=O)c3ccccc3[C@H]12)NCCCn1ccnc1. The molecule has 3 amide bonds. The number of hydrogen-bond donors (Lipinski definition) is 1. The zero-order chi connectivity index (χ0) is 22.8. The Balaban J connectivity index is 1.24. The number of imidazole rings is 1. The maximum Gasteiger partial charge on any atom is 0.260 e. The van der Waals surface area contributed by atoms with Gasteiger partial charge in [-0.2, -0.15) is 0 Å². The number of hydrogen-bond acceptors (Lipinski definition) is 4. The van der Waals surface area contributed by atoms with E-state index in [9.17, 15) is 14.4 Å². The minimum atomic E-state index is -0.477. The first kappa shape index (κ1) is 20.9. The van der Waals surface area contributed by atoms with E-state index in [1.54, 1.807) is 40.5 Å². The van der Waals surface area contributed by atoms with E-state index in [1.165, 1.54) is 0 Å². The van der Waals surface area contributed by atoms with Crippen molar-refractivity contribution in [2.75, 3.05) is 18.0 Å². The van der Waals surface area contributed by atoms with Gasteiger partial charge in [-0.05, 0) is 31.0 Å². The monoisotopic (exact) mass is 443 g/mol. The Hall–Kier alpha value is -3.94. The van der Waals surface area contributed by atoms with Gasteiger partial charge >= 0.3 is 0 Å². The van der Waals surface area contributed by atoms with E-state index in [0.717, 1.165) is 18.5 Å². The second-order valence-electron chi connectivity index (χ2n) is 8.26. The first-order valence-corrected chi connectivity index (χ1v) is 11.2. The molecule has 168 valence electrons. The summed E-state index contributed by atoms with van der Waals surface area (Å²) in [5.41, 5.74) is 2.60. The van der Waals surface area contributed by atoms with Gasteiger partial charge in [0.25, 0.3) is 11.8 Å². The lowest BCUT2D eigenvalue weighted by molar-refractivity contribution is -0.121. The number of carbonyl (C=O) groups excluding carboxylic acids is 3. The Morgan fingerprint density at radius 3 is 2.55 bits per heavy atom. The molecule has 2 aliphatic heterocycles. The highest BCUT2D eigenvalue weighted by atomic mass is 16.2. The topological polar surface area (TPSA) is 87.5 Å². The van der Waals surface area contributed by atoms with E-state index in [2.05, 4.69) is 10.3 Å². The third kappa shape index (κ3) is 3.88. The molecule has 3 aromatic rings. The summed E-state index contributed by atoms with van der Waals surface area (Å²) in [6.07, 6.45) is 6.56. The van der Waals surface area contributed by atoms with Crippen LogP contribution in [0.1, 0.15) is 51.7 Å². The smallest absolute Gasteiger partial charge is 0.260 e. The van der Waals surface area contributed by atoms with Crippen LogP contribution < -0.4 is 10.2 Å². The van der Waals surface area contributed by atoms with Gasteiger partial charge in [-0.3, -0.25) is 19.3 Å². The fraction of sp³-hybridized carbons (Fsp3) is 0.280. The number of amides is 3. The number of benzene rings is 2. The molecule has 5 rings (SSSR count). The van der Waals surface area contributed by atoms with Crippen LogP contribution in [-0.4, -0.2) is 45.3 Å². The number of nitrogens with one attached hydrogen (secondary N) is 1. The highest BCUT2D eigenvalue weighted by molar-refractivity contribution is 6.16. The van der Waals surface area contributed by atoms with Gasteiger partial charge < -0.3 is 14.8 Å². The van der Waals surface area contributed by atoms with E-state index in [4.69, 9.17) is 0 Å². The second-order valence-corrected chi connectivity index (χ2v) is 8.26. The lowest BCUT2D eigenvalue weighted by Gasteiger charge is -2.41. The number of aromatic nitrogens is 2. The molecule has 2 aromatic carbocycles. The maximum atomic E-state index is 13.4. The molecule has 8 heteroatoms. The lowest BCUT2D eigenvalue weighted by atomic mass is 10.0. The molecule has 1 aromatic heterocycles. The molecule has 0 unspecified atom stereocenters. The van der Waals surface area contributed by atoms with E-state index in [-0.39, 0.29) is 17.7 Å². The number of anilines is 1. The van der Waals surface area contributed by atoms with Gasteiger partial charge in [0.2, 0.25) is 5.91 Å². The highest BCUT2D eigenvalue weighted by Gasteiger charge is 2.47. The second kappa shape index (κ2) is 8.90. The van der Waals surface area contributed by atoms with Crippen molar-refractivity contribution in [3.8, 4) is 0 Å². The van der Waals surface area contributed by atoms with Crippen molar-refractivity contribution in [2.45, 2.75) is 32.0 Å². The molecule has 8 nitrogen and oxygen atoms in total. The van der Waals surface area contributed by atoms with Gasteiger partial charge in [0.05, 0.1) is 17.6 Å². The Morgan fingerprint density at radius 1 is 0.939 bits per heavy atom. The fourth-order valence-electron chi connectivity index (χ4n) is 4.61.